The summed E-state index contributed by atoms with van der Waals surface area (Å²) in [5, 5.41) is 3.48. The molecule has 0 bridgehead atoms. The SMILES string of the molecule is Nc1cc(OC(F)(F)F)ccc1C(=O)N1CCC(c2ccnc3[nH]c(C4CCCCNC4)nc23)CC1. The molecular weight excluding hydrogens is 473 g/mol. The molecule has 1 aromatic carbocycles. The summed E-state index contributed by atoms with van der Waals surface area (Å²) in [6, 6.07) is 5.43. The van der Waals surface area contributed by atoms with E-state index in [1.54, 1.807) is 11.1 Å². The quantitative estimate of drug-likeness (QED) is 0.459. The summed E-state index contributed by atoms with van der Waals surface area (Å²) in [6.07, 6.45) is 1.90. The first kappa shape index (κ1) is 24.4. The predicted molar refractivity (Wildman–Crippen MR) is 129 cm³/mol. The molecule has 2 aliphatic heterocycles. The first-order valence-corrected chi connectivity index (χ1v) is 12.3. The number of carbonyl (C=O) groups excluding carboxylic acids is 1. The van der Waals surface area contributed by atoms with Gasteiger partial charge in [0, 0.05) is 43.5 Å². The Morgan fingerprint density at radius 1 is 1.11 bits per heavy atom. The molecule has 4 heterocycles. The van der Waals surface area contributed by atoms with Gasteiger partial charge < -0.3 is 25.7 Å². The van der Waals surface area contributed by atoms with Crippen molar-refractivity contribution in [3.63, 3.8) is 0 Å². The first-order chi connectivity index (χ1) is 17.3. The van der Waals surface area contributed by atoms with E-state index in [0.717, 1.165) is 67.0 Å². The van der Waals surface area contributed by atoms with E-state index >= 15 is 0 Å². The van der Waals surface area contributed by atoms with Crippen LogP contribution in [0.1, 0.15) is 65.7 Å². The van der Waals surface area contributed by atoms with Gasteiger partial charge in [0.1, 0.15) is 17.1 Å². The molecule has 0 spiro atoms. The third kappa shape index (κ3) is 5.25. The Morgan fingerprint density at radius 2 is 1.92 bits per heavy atom. The van der Waals surface area contributed by atoms with Crippen molar-refractivity contribution in [3.8, 4) is 5.75 Å². The van der Waals surface area contributed by atoms with Gasteiger partial charge in [-0.3, -0.25) is 4.79 Å². The number of aromatic nitrogens is 3. The number of halogens is 3. The van der Waals surface area contributed by atoms with Crippen molar-refractivity contribution in [2.45, 2.75) is 50.3 Å². The number of anilines is 1. The summed E-state index contributed by atoms with van der Waals surface area (Å²) < 4.78 is 41.3. The Hall–Kier alpha value is -3.34. The van der Waals surface area contributed by atoms with Gasteiger partial charge in [-0.2, -0.15) is 0 Å². The lowest BCUT2D eigenvalue weighted by Crippen LogP contribution is -2.38. The smallest absolute Gasteiger partial charge is 0.406 e. The van der Waals surface area contributed by atoms with E-state index in [-0.39, 0.29) is 23.1 Å². The van der Waals surface area contributed by atoms with Crippen LogP contribution in [0.2, 0.25) is 0 Å². The van der Waals surface area contributed by atoms with Crippen molar-refractivity contribution in [2.24, 2.45) is 0 Å². The third-order valence-corrected chi connectivity index (χ3v) is 7.08. The zero-order valence-corrected chi connectivity index (χ0v) is 19.8. The Kier molecular flexibility index (Phi) is 6.74. The second kappa shape index (κ2) is 9.96. The average molecular weight is 503 g/mol. The van der Waals surface area contributed by atoms with Crippen LogP contribution in [0.25, 0.3) is 11.2 Å². The number of hydrogen-bond donors (Lipinski definition) is 3. The Balaban J connectivity index is 1.27. The van der Waals surface area contributed by atoms with Crippen molar-refractivity contribution in [1.82, 2.24) is 25.2 Å². The maximum Gasteiger partial charge on any atom is 0.573 e. The molecule has 1 atom stereocenters. The van der Waals surface area contributed by atoms with Crippen LogP contribution in [0.5, 0.6) is 5.75 Å². The zero-order valence-electron chi connectivity index (χ0n) is 19.8. The van der Waals surface area contributed by atoms with Crippen LogP contribution in [0.3, 0.4) is 0 Å². The molecule has 11 heteroatoms. The van der Waals surface area contributed by atoms with Crippen LogP contribution >= 0.6 is 0 Å². The number of H-pyrrole nitrogens is 1. The number of pyridine rings is 1. The van der Waals surface area contributed by atoms with E-state index < -0.39 is 12.1 Å². The van der Waals surface area contributed by atoms with Gasteiger partial charge in [0.05, 0.1) is 5.56 Å². The molecule has 0 saturated carbocycles. The van der Waals surface area contributed by atoms with Gasteiger partial charge >= 0.3 is 6.36 Å². The molecule has 1 amide bonds. The number of carbonyl (C=O) groups is 1. The number of likely N-dealkylation sites (tertiary alicyclic amines) is 1. The van der Waals surface area contributed by atoms with Crippen LogP contribution < -0.4 is 15.8 Å². The van der Waals surface area contributed by atoms with E-state index in [4.69, 9.17) is 10.7 Å². The molecule has 36 heavy (non-hydrogen) atoms. The standard InChI is InChI=1S/C25H29F3N6O2/c26-25(27,28)36-17-4-5-19(20(29)13-17)24(35)34-11-7-15(8-12-34)18-6-10-31-23-21(18)32-22(33-23)16-3-1-2-9-30-14-16/h4-6,10,13,15-16,30H,1-3,7-9,11-12,14,29H2,(H,31,32,33). The number of benzene rings is 1. The average Bonchev–Trinajstić information content (AvgIpc) is 3.09. The lowest BCUT2D eigenvalue weighted by atomic mass is 9.89. The lowest BCUT2D eigenvalue weighted by molar-refractivity contribution is -0.274. The topological polar surface area (TPSA) is 109 Å². The van der Waals surface area contributed by atoms with Crippen molar-refractivity contribution in [2.75, 3.05) is 31.9 Å². The number of imidazole rings is 1. The highest BCUT2D eigenvalue weighted by Gasteiger charge is 2.32. The van der Waals surface area contributed by atoms with Crippen LogP contribution in [-0.4, -0.2) is 58.3 Å². The number of aromatic amines is 1. The maximum absolute atomic E-state index is 13.0. The minimum absolute atomic E-state index is 0.0447. The molecule has 3 aromatic rings. The number of amides is 1. The molecule has 2 aromatic heterocycles. The Morgan fingerprint density at radius 3 is 2.67 bits per heavy atom. The van der Waals surface area contributed by atoms with Crippen LogP contribution in [-0.2, 0) is 0 Å². The zero-order chi connectivity index (χ0) is 25.3. The number of nitrogens with one attached hydrogen (secondary N) is 2. The summed E-state index contributed by atoms with van der Waals surface area (Å²) in [5.41, 5.74) is 8.82. The molecule has 2 fully saturated rings. The minimum atomic E-state index is -4.82. The number of nitrogen functional groups attached to an aromatic ring is 1. The van der Waals surface area contributed by atoms with Gasteiger partial charge in [0.2, 0.25) is 0 Å². The number of alkyl halides is 3. The fraction of sp³-hybridized carbons (Fsp3) is 0.480. The monoisotopic (exact) mass is 502 g/mol. The molecule has 5 rings (SSSR count). The highest BCUT2D eigenvalue weighted by Crippen LogP contribution is 2.34. The summed E-state index contributed by atoms with van der Waals surface area (Å²) in [4.78, 5) is 27.6. The van der Waals surface area contributed by atoms with Gasteiger partial charge in [-0.15, -0.1) is 13.2 Å². The van der Waals surface area contributed by atoms with Gasteiger partial charge in [-0.05, 0) is 61.9 Å². The highest BCUT2D eigenvalue weighted by molar-refractivity contribution is 5.99. The summed E-state index contributed by atoms with van der Waals surface area (Å²) >= 11 is 0. The van der Waals surface area contributed by atoms with E-state index in [9.17, 15) is 18.0 Å². The van der Waals surface area contributed by atoms with Crippen molar-refractivity contribution >= 4 is 22.8 Å². The number of piperidine rings is 1. The van der Waals surface area contributed by atoms with Crippen LogP contribution in [0.4, 0.5) is 18.9 Å². The maximum atomic E-state index is 13.0. The third-order valence-electron chi connectivity index (χ3n) is 7.08. The molecule has 1 unspecified atom stereocenters. The number of nitrogens with zero attached hydrogens (tertiary/aromatic N) is 3. The van der Waals surface area contributed by atoms with Crippen molar-refractivity contribution in [3.05, 3.63) is 47.4 Å². The molecule has 2 saturated heterocycles. The molecule has 8 nitrogen and oxygen atoms in total. The van der Waals surface area contributed by atoms with E-state index in [1.165, 1.54) is 18.9 Å². The number of fused-ring (bicyclic) bond motifs is 1. The van der Waals surface area contributed by atoms with Crippen molar-refractivity contribution < 1.29 is 22.7 Å². The predicted octanol–water partition coefficient (Wildman–Crippen LogP) is 4.32. The second-order valence-corrected chi connectivity index (χ2v) is 9.48. The molecule has 4 N–H and O–H groups in total. The lowest BCUT2D eigenvalue weighted by Gasteiger charge is -2.32. The van der Waals surface area contributed by atoms with E-state index in [0.29, 0.717) is 19.0 Å². The van der Waals surface area contributed by atoms with E-state index in [2.05, 4.69) is 20.0 Å². The van der Waals surface area contributed by atoms with Crippen molar-refractivity contribution in [1.29, 1.82) is 0 Å². The second-order valence-electron chi connectivity index (χ2n) is 9.48. The normalized spacial score (nSPS) is 19.9. The summed E-state index contributed by atoms with van der Waals surface area (Å²) in [6.45, 7) is 2.96. The molecule has 0 aliphatic carbocycles. The highest BCUT2D eigenvalue weighted by atomic mass is 19.4. The minimum Gasteiger partial charge on any atom is -0.406 e. The van der Waals surface area contributed by atoms with Crippen LogP contribution in [0.15, 0.2) is 30.5 Å². The molecule has 192 valence electrons. The number of rotatable bonds is 4. The summed E-state index contributed by atoms with van der Waals surface area (Å²) in [5.74, 6) is 0.790. The molecule has 0 radical (unpaired) electrons. The Bertz CT molecular complexity index is 1230. The fourth-order valence-corrected chi connectivity index (χ4v) is 5.22. The van der Waals surface area contributed by atoms with E-state index in [1.807, 2.05) is 6.07 Å². The largest absolute Gasteiger partial charge is 0.573 e. The Labute approximate surface area is 206 Å². The summed E-state index contributed by atoms with van der Waals surface area (Å²) in [7, 11) is 0. The van der Waals surface area contributed by atoms with Gasteiger partial charge in [-0.25, -0.2) is 9.97 Å². The van der Waals surface area contributed by atoms with Gasteiger partial charge in [-0.1, -0.05) is 6.42 Å². The molecule has 2 aliphatic rings. The van der Waals surface area contributed by atoms with Gasteiger partial charge in [0.15, 0.2) is 5.65 Å². The number of ether oxygens (including phenoxy) is 1. The van der Waals surface area contributed by atoms with Gasteiger partial charge in [0.25, 0.3) is 5.91 Å². The molecular formula is C25H29F3N6O2. The number of hydrogen-bond acceptors (Lipinski definition) is 6. The number of nitrogens with two attached hydrogens (primary N) is 1. The first-order valence-electron chi connectivity index (χ1n) is 12.3. The fourth-order valence-electron chi connectivity index (χ4n) is 5.22. The van der Waals surface area contributed by atoms with Crippen LogP contribution in [0, 0.1) is 0 Å².